The largest absolute Gasteiger partial charge is 0.390 e. The number of fused-ring (bicyclic) bond motifs is 1. The van der Waals surface area contributed by atoms with Crippen LogP contribution in [0, 0.1) is 5.82 Å². The SMILES string of the molecule is CN[C@H]1c2ccccc2[C@H](Cc2cccc(F)c2)C1O. The molecule has 3 atom stereocenters. The zero-order valence-electron chi connectivity index (χ0n) is 11.4. The highest BCUT2D eigenvalue weighted by Crippen LogP contribution is 2.41. The first-order chi connectivity index (χ1) is 9.70. The molecular formula is C17H18FNO. The molecule has 104 valence electrons. The summed E-state index contributed by atoms with van der Waals surface area (Å²) in [5.74, 6) is -0.223. The van der Waals surface area contributed by atoms with Gasteiger partial charge in [0, 0.05) is 5.92 Å². The molecule has 0 aliphatic heterocycles. The first-order valence-electron chi connectivity index (χ1n) is 6.89. The van der Waals surface area contributed by atoms with Gasteiger partial charge in [-0.05, 0) is 42.3 Å². The Morgan fingerprint density at radius 3 is 2.55 bits per heavy atom. The molecule has 0 saturated carbocycles. The van der Waals surface area contributed by atoms with E-state index in [0.717, 1.165) is 16.7 Å². The van der Waals surface area contributed by atoms with Crippen LogP contribution in [0.15, 0.2) is 48.5 Å². The average molecular weight is 271 g/mol. The van der Waals surface area contributed by atoms with Crippen LogP contribution in [0.3, 0.4) is 0 Å². The van der Waals surface area contributed by atoms with E-state index in [1.54, 1.807) is 12.1 Å². The van der Waals surface area contributed by atoms with Crippen LogP contribution < -0.4 is 5.32 Å². The lowest BCUT2D eigenvalue weighted by Gasteiger charge is -2.20. The first-order valence-corrected chi connectivity index (χ1v) is 6.89. The Bertz CT molecular complexity index is 613. The zero-order valence-corrected chi connectivity index (χ0v) is 11.4. The van der Waals surface area contributed by atoms with E-state index in [-0.39, 0.29) is 17.8 Å². The topological polar surface area (TPSA) is 32.3 Å². The van der Waals surface area contributed by atoms with E-state index >= 15 is 0 Å². The third kappa shape index (κ3) is 2.23. The van der Waals surface area contributed by atoms with E-state index in [2.05, 4.69) is 11.4 Å². The van der Waals surface area contributed by atoms with Crippen molar-refractivity contribution in [3.63, 3.8) is 0 Å². The molecular weight excluding hydrogens is 253 g/mol. The summed E-state index contributed by atoms with van der Waals surface area (Å²) in [5.41, 5.74) is 3.22. The van der Waals surface area contributed by atoms with E-state index in [0.29, 0.717) is 6.42 Å². The fourth-order valence-corrected chi connectivity index (χ4v) is 3.21. The van der Waals surface area contributed by atoms with Crippen LogP contribution in [0.1, 0.15) is 28.7 Å². The van der Waals surface area contributed by atoms with E-state index in [1.165, 1.54) is 6.07 Å². The molecule has 0 aromatic heterocycles. The molecule has 2 aromatic carbocycles. The Hall–Kier alpha value is -1.71. The first kappa shape index (κ1) is 13.3. The van der Waals surface area contributed by atoms with E-state index in [1.807, 2.05) is 31.3 Å². The number of aliphatic hydroxyl groups is 1. The number of hydrogen-bond acceptors (Lipinski definition) is 2. The Kier molecular flexibility index (Phi) is 3.55. The monoisotopic (exact) mass is 271 g/mol. The van der Waals surface area contributed by atoms with Crippen molar-refractivity contribution < 1.29 is 9.50 Å². The van der Waals surface area contributed by atoms with Gasteiger partial charge >= 0.3 is 0 Å². The van der Waals surface area contributed by atoms with Crippen LogP contribution in [-0.4, -0.2) is 18.3 Å². The summed E-state index contributed by atoms with van der Waals surface area (Å²) < 4.78 is 13.3. The number of rotatable bonds is 3. The van der Waals surface area contributed by atoms with Gasteiger partial charge in [-0.1, -0.05) is 36.4 Å². The van der Waals surface area contributed by atoms with Crippen molar-refractivity contribution >= 4 is 0 Å². The smallest absolute Gasteiger partial charge is 0.123 e. The molecule has 20 heavy (non-hydrogen) atoms. The number of halogens is 1. The summed E-state index contributed by atoms with van der Waals surface area (Å²) in [6.07, 6.45) is 0.161. The second-order valence-corrected chi connectivity index (χ2v) is 5.33. The Labute approximate surface area is 118 Å². The third-order valence-electron chi connectivity index (χ3n) is 4.14. The summed E-state index contributed by atoms with van der Waals surface area (Å²) in [6, 6.07) is 14.6. The van der Waals surface area contributed by atoms with Crippen LogP contribution in [0.5, 0.6) is 0 Å². The highest BCUT2D eigenvalue weighted by atomic mass is 19.1. The van der Waals surface area contributed by atoms with Gasteiger partial charge in [-0.2, -0.15) is 0 Å². The minimum atomic E-state index is -0.485. The van der Waals surface area contributed by atoms with Crippen molar-refractivity contribution in [1.82, 2.24) is 5.32 Å². The van der Waals surface area contributed by atoms with Crippen molar-refractivity contribution in [2.75, 3.05) is 7.05 Å². The van der Waals surface area contributed by atoms with E-state index < -0.39 is 6.10 Å². The van der Waals surface area contributed by atoms with Gasteiger partial charge in [0.15, 0.2) is 0 Å². The standard InChI is InChI=1S/C17H18FNO/c1-19-16-14-8-3-2-7-13(14)15(17(16)20)10-11-5-4-6-12(18)9-11/h2-9,15-17,19-20H,10H2,1H3/t15-,16-,17?/m0/s1. The quantitative estimate of drug-likeness (QED) is 0.899. The summed E-state index contributed by atoms with van der Waals surface area (Å²) in [7, 11) is 1.86. The highest BCUT2D eigenvalue weighted by Gasteiger charge is 2.38. The van der Waals surface area contributed by atoms with Crippen molar-refractivity contribution in [2.24, 2.45) is 0 Å². The molecule has 1 aliphatic carbocycles. The second-order valence-electron chi connectivity index (χ2n) is 5.33. The van der Waals surface area contributed by atoms with E-state index in [9.17, 15) is 9.50 Å². The zero-order chi connectivity index (χ0) is 14.1. The van der Waals surface area contributed by atoms with Crippen LogP contribution in [-0.2, 0) is 6.42 Å². The van der Waals surface area contributed by atoms with E-state index in [4.69, 9.17) is 0 Å². The molecule has 0 saturated heterocycles. The van der Waals surface area contributed by atoms with Gasteiger partial charge in [0.25, 0.3) is 0 Å². The molecule has 0 heterocycles. The van der Waals surface area contributed by atoms with Crippen molar-refractivity contribution in [3.05, 3.63) is 71.0 Å². The minimum Gasteiger partial charge on any atom is -0.390 e. The van der Waals surface area contributed by atoms with Crippen LogP contribution in [0.2, 0.25) is 0 Å². The Morgan fingerprint density at radius 2 is 1.85 bits per heavy atom. The van der Waals surface area contributed by atoms with Gasteiger partial charge in [0.2, 0.25) is 0 Å². The van der Waals surface area contributed by atoms with Gasteiger partial charge in [-0.15, -0.1) is 0 Å². The number of benzene rings is 2. The van der Waals surface area contributed by atoms with Gasteiger partial charge < -0.3 is 10.4 Å². The number of hydrogen-bond donors (Lipinski definition) is 2. The number of nitrogens with one attached hydrogen (secondary N) is 1. The minimum absolute atomic E-state index is 0.00505. The molecule has 1 aliphatic rings. The molecule has 3 heteroatoms. The maximum atomic E-state index is 13.3. The van der Waals surface area contributed by atoms with Gasteiger partial charge in [-0.3, -0.25) is 0 Å². The fraction of sp³-hybridized carbons (Fsp3) is 0.294. The lowest BCUT2D eigenvalue weighted by molar-refractivity contribution is 0.118. The lowest BCUT2D eigenvalue weighted by atomic mass is 9.92. The lowest BCUT2D eigenvalue weighted by Crippen LogP contribution is -2.28. The molecule has 0 amide bonds. The molecule has 2 aromatic rings. The molecule has 0 bridgehead atoms. The molecule has 3 rings (SSSR count). The molecule has 0 spiro atoms. The highest BCUT2D eigenvalue weighted by molar-refractivity contribution is 5.41. The summed E-state index contributed by atoms with van der Waals surface area (Å²) in [6.45, 7) is 0. The predicted molar refractivity (Wildman–Crippen MR) is 77.1 cm³/mol. The molecule has 2 N–H and O–H groups in total. The number of aliphatic hydroxyl groups excluding tert-OH is 1. The normalized spacial score (nSPS) is 24.6. The van der Waals surface area contributed by atoms with Gasteiger partial charge in [-0.25, -0.2) is 4.39 Å². The summed E-state index contributed by atoms with van der Waals surface area (Å²) >= 11 is 0. The predicted octanol–water partition coefficient (Wildman–Crippen LogP) is 2.79. The molecule has 1 unspecified atom stereocenters. The van der Waals surface area contributed by atoms with Crippen LogP contribution in [0.4, 0.5) is 4.39 Å². The maximum absolute atomic E-state index is 13.3. The molecule has 0 radical (unpaired) electrons. The molecule has 0 fully saturated rings. The fourth-order valence-electron chi connectivity index (χ4n) is 3.21. The molecule has 2 nitrogen and oxygen atoms in total. The average Bonchev–Trinajstić information content (AvgIpc) is 2.72. The van der Waals surface area contributed by atoms with Gasteiger partial charge in [0.05, 0.1) is 12.1 Å². The Balaban J connectivity index is 1.94. The van der Waals surface area contributed by atoms with Crippen molar-refractivity contribution in [1.29, 1.82) is 0 Å². The van der Waals surface area contributed by atoms with Crippen molar-refractivity contribution in [2.45, 2.75) is 24.5 Å². The number of likely N-dealkylation sites (N-methyl/N-ethyl adjacent to an activating group) is 1. The maximum Gasteiger partial charge on any atom is 0.123 e. The third-order valence-corrected chi connectivity index (χ3v) is 4.14. The van der Waals surface area contributed by atoms with Crippen molar-refractivity contribution in [3.8, 4) is 0 Å². The van der Waals surface area contributed by atoms with Crippen LogP contribution in [0.25, 0.3) is 0 Å². The Morgan fingerprint density at radius 1 is 1.10 bits per heavy atom. The second kappa shape index (κ2) is 5.35. The summed E-state index contributed by atoms with van der Waals surface area (Å²) in [5, 5.41) is 13.7. The van der Waals surface area contributed by atoms with Crippen LogP contribution >= 0.6 is 0 Å². The summed E-state index contributed by atoms with van der Waals surface area (Å²) in [4.78, 5) is 0. The van der Waals surface area contributed by atoms with Gasteiger partial charge in [0.1, 0.15) is 5.82 Å².